The van der Waals surface area contributed by atoms with Crippen LogP contribution < -0.4 is 5.32 Å². The van der Waals surface area contributed by atoms with E-state index in [2.05, 4.69) is 15.3 Å². The van der Waals surface area contributed by atoms with Gasteiger partial charge in [0, 0.05) is 29.1 Å². The molecule has 1 aromatic carbocycles. The molecule has 0 saturated carbocycles. The maximum Gasteiger partial charge on any atom is 0.490 e. The molecule has 4 aromatic rings. The van der Waals surface area contributed by atoms with Gasteiger partial charge in [0.1, 0.15) is 17.2 Å². The topological polar surface area (TPSA) is 150 Å². The molecular formula is C23H15F6N5O5. The van der Waals surface area contributed by atoms with Crippen molar-refractivity contribution in [3.05, 3.63) is 67.1 Å². The van der Waals surface area contributed by atoms with Crippen LogP contribution in [-0.4, -0.2) is 59.4 Å². The van der Waals surface area contributed by atoms with E-state index in [-0.39, 0.29) is 0 Å². The van der Waals surface area contributed by atoms with Crippen molar-refractivity contribution in [2.24, 2.45) is 0 Å². The third kappa shape index (κ3) is 6.60. The van der Waals surface area contributed by atoms with Crippen molar-refractivity contribution in [1.29, 1.82) is 0 Å². The number of pyridine rings is 2. The first-order chi connectivity index (χ1) is 18.2. The first-order valence-corrected chi connectivity index (χ1v) is 10.4. The lowest BCUT2D eigenvalue weighted by Gasteiger charge is -2.09. The number of hydrogen-bond acceptors (Lipinski definition) is 7. The molecule has 204 valence electrons. The zero-order chi connectivity index (χ0) is 29.0. The molecule has 0 unspecified atom stereocenters. The van der Waals surface area contributed by atoms with Crippen LogP contribution in [-0.2, 0) is 9.59 Å². The number of imidazole rings is 1. The number of halogens is 6. The second-order valence-corrected chi connectivity index (χ2v) is 7.36. The summed E-state index contributed by atoms with van der Waals surface area (Å²) in [6.45, 7) is 0. The van der Waals surface area contributed by atoms with Gasteiger partial charge in [0.25, 0.3) is 0 Å². The molecule has 3 aromatic heterocycles. The third-order valence-corrected chi connectivity index (χ3v) is 4.76. The molecule has 1 aliphatic heterocycles. The SMILES string of the molecule is O=C(O)C(F)(F)F.O=C(O)C(F)(F)F.On1c(-c2ccccc2)nc2c1-c1cccnc1Nc1cnccc1-2. The minimum Gasteiger partial charge on any atom is -0.475 e. The normalized spacial score (nSPS) is 11.5. The van der Waals surface area contributed by atoms with Gasteiger partial charge in [-0.2, -0.15) is 31.1 Å². The lowest BCUT2D eigenvalue weighted by molar-refractivity contribution is -0.193. The molecule has 10 nitrogen and oxygen atoms in total. The number of aromatic nitrogens is 4. The summed E-state index contributed by atoms with van der Waals surface area (Å²) in [5.41, 5.74) is 4.60. The number of carboxylic acids is 2. The Labute approximate surface area is 213 Å². The third-order valence-electron chi connectivity index (χ3n) is 4.76. The molecular weight excluding hydrogens is 540 g/mol. The van der Waals surface area contributed by atoms with Gasteiger partial charge in [-0.3, -0.25) is 4.98 Å². The minimum absolute atomic E-state index is 0.491. The number of carboxylic acid groups (broad SMARTS) is 2. The van der Waals surface area contributed by atoms with Crippen molar-refractivity contribution < 1.29 is 51.4 Å². The fourth-order valence-corrected chi connectivity index (χ4v) is 3.14. The zero-order valence-corrected chi connectivity index (χ0v) is 19.1. The van der Waals surface area contributed by atoms with Crippen LogP contribution in [0.1, 0.15) is 0 Å². The van der Waals surface area contributed by atoms with E-state index in [1.807, 2.05) is 48.5 Å². The summed E-state index contributed by atoms with van der Waals surface area (Å²) in [5, 5.41) is 28.4. The molecule has 0 fully saturated rings. The maximum absolute atomic E-state index is 10.9. The summed E-state index contributed by atoms with van der Waals surface area (Å²) in [7, 11) is 0. The van der Waals surface area contributed by atoms with Crippen LogP contribution in [0.2, 0.25) is 0 Å². The van der Waals surface area contributed by atoms with Crippen LogP contribution in [0, 0.1) is 0 Å². The van der Waals surface area contributed by atoms with Crippen LogP contribution >= 0.6 is 0 Å². The van der Waals surface area contributed by atoms with Crippen molar-refractivity contribution in [2.45, 2.75) is 12.4 Å². The first kappa shape index (κ1) is 28.4. The van der Waals surface area contributed by atoms with Crippen molar-refractivity contribution in [3.8, 4) is 33.9 Å². The van der Waals surface area contributed by atoms with Crippen LogP contribution in [0.3, 0.4) is 0 Å². The molecule has 4 N–H and O–H groups in total. The van der Waals surface area contributed by atoms with E-state index >= 15 is 0 Å². The summed E-state index contributed by atoms with van der Waals surface area (Å²) >= 11 is 0. The first-order valence-electron chi connectivity index (χ1n) is 10.4. The highest BCUT2D eigenvalue weighted by Crippen LogP contribution is 2.43. The molecule has 39 heavy (non-hydrogen) atoms. The molecule has 0 atom stereocenters. The molecule has 0 saturated heterocycles. The molecule has 1 aliphatic rings. The predicted molar refractivity (Wildman–Crippen MR) is 122 cm³/mol. The van der Waals surface area contributed by atoms with Gasteiger partial charge in [-0.1, -0.05) is 30.3 Å². The number of aliphatic carboxylic acids is 2. The van der Waals surface area contributed by atoms with Gasteiger partial charge in [0.05, 0.1) is 11.9 Å². The van der Waals surface area contributed by atoms with E-state index in [0.717, 1.165) is 27.1 Å². The largest absolute Gasteiger partial charge is 0.490 e. The molecule has 0 radical (unpaired) electrons. The quantitative estimate of drug-likeness (QED) is 0.161. The number of benzene rings is 1. The van der Waals surface area contributed by atoms with Gasteiger partial charge in [0.15, 0.2) is 5.82 Å². The smallest absolute Gasteiger partial charge is 0.475 e. The number of hydrogen-bond donors (Lipinski definition) is 4. The van der Waals surface area contributed by atoms with E-state index in [4.69, 9.17) is 24.8 Å². The van der Waals surface area contributed by atoms with Crippen LogP contribution in [0.15, 0.2) is 67.1 Å². The van der Waals surface area contributed by atoms with E-state index in [1.54, 1.807) is 18.6 Å². The average molecular weight is 555 g/mol. The van der Waals surface area contributed by atoms with Crippen LogP contribution in [0.25, 0.3) is 33.9 Å². The van der Waals surface area contributed by atoms with Gasteiger partial charge in [0.2, 0.25) is 0 Å². The van der Waals surface area contributed by atoms with Crippen LogP contribution in [0.5, 0.6) is 0 Å². The molecule has 0 spiro atoms. The lowest BCUT2D eigenvalue weighted by atomic mass is 10.1. The number of nitrogens with zero attached hydrogens (tertiary/aromatic N) is 4. The van der Waals surface area contributed by atoms with E-state index in [0.29, 0.717) is 23.0 Å². The fourth-order valence-electron chi connectivity index (χ4n) is 3.14. The second kappa shape index (κ2) is 11.1. The molecule has 0 aliphatic carbocycles. The summed E-state index contributed by atoms with van der Waals surface area (Å²) in [6.07, 6.45) is -5.00. The Hall–Kier alpha value is -5.15. The molecule has 5 rings (SSSR count). The monoisotopic (exact) mass is 555 g/mol. The van der Waals surface area contributed by atoms with Gasteiger partial charge >= 0.3 is 24.3 Å². The summed E-state index contributed by atoms with van der Waals surface area (Å²) < 4.78 is 64.6. The van der Waals surface area contributed by atoms with Gasteiger partial charge in [-0.25, -0.2) is 19.6 Å². The minimum atomic E-state index is -5.08. The van der Waals surface area contributed by atoms with Gasteiger partial charge in [-0.05, 0) is 18.2 Å². The van der Waals surface area contributed by atoms with Crippen molar-refractivity contribution >= 4 is 23.4 Å². The van der Waals surface area contributed by atoms with Crippen LogP contribution in [0.4, 0.5) is 37.8 Å². The van der Waals surface area contributed by atoms with E-state index < -0.39 is 24.3 Å². The highest BCUT2D eigenvalue weighted by Gasteiger charge is 2.39. The standard InChI is InChI=1S/C19H13N5O.2C2HF3O2/c25-24-17-14-7-4-9-21-18(14)22-15-11-20-10-8-13(15)16(17)23-19(24)12-5-2-1-3-6-12;2*3-2(4,5)1(6)7/h1-11,25H,(H,21,22);2*(H,6,7). The van der Waals surface area contributed by atoms with Gasteiger partial charge in [-0.15, -0.1) is 0 Å². The highest BCUT2D eigenvalue weighted by molar-refractivity contribution is 5.95. The average Bonchev–Trinajstić information content (AvgIpc) is 3.14. The number of nitrogens with one attached hydrogen (secondary N) is 1. The Morgan fingerprint density at radius 3 is 1.97 bits per heavy atom. The lowest BCUT2D eigenvalue weighted by Crippen LogP contribution is -2.21. The molecule has 0 amide bonds. The number of anilines is 2. The Bertz CT molecular complexity index is 1460. The van der Waals surface area contributed by atoms with Crippen molar-refractivity contribution in [2.75, 3.05) is 5.32 Å². The van der Waals surface area contributed by atoms with Crippen molar-refractivity contribution in [1.82, 2.24) is 19.7 Å². The second-order valence-electron chi connectivity index (χ2n) is 7.36. The van der Waals surface area contributed by atoms with E-state index in [1.165, 1.54) is 0 Å². The molecule has 4 heterocycles. The number of fused-ring (bicyclic) bond motifs is 5. The summed E-state index contributed by atoms with van der Waals surface area (Å²) in [6, 6.07) is 15.3. The van der Waals surface area contributed by atoms with Gasteiger partial charge < -0.3 is 20.7 Å². The van der Waals surface area contributed by atoms with E-state index in [9.17, 15) is 31.5 Å². The number of rotatable bonds is 1. The Morgan fingerprint density at radius 2 is 1.41 bits per heavy atom. The Kier molecular flexibility index (Phi) is 8.07. The highest BCUT2D eigenvalue weighted by atomic mass is 19.4. The number of alkyl halides is 6. The number of carbonyl (C=O) groups is 2. The Balaban J connectivity index is 0.000000251. The summed E-state index contributed by atoms with van der Waals surface area (Å²) in [5.74, 6) is -4.37. The maximum atomic E-state index is 10.9. The molecule has 0 bridgehead atoms. The summed E-state index contributed by atoms with van der Waals surface area (Å²) in [4.78, 5) is 31.1. The Morgan fingerprint density at radius 1 is 0.821 bits per heavy atom. The zero-order valence-electron chi connectivity index (χ0n) is 19.1. The predicted octanol–water partition coefficient (Wildman–Crippen LogP) is 5.24. The fraction of sp³-hybridized carbons (Fsp3) is 0.0870. The van der Waals surface area contributed by atoms with Crippen molar-refractivity contribution in [3.63, 3.8) is 0 Å². The molecule has 16 heteroatoms.